The number of nitrogens with one attached hydrogen (secondary N) is 1. The molecule has 0 unspecified atom stereocenters. The molecular weight excluding hydrogens is 234 g/mol. The van der Waals surface area contributed by atoms with Crippen molar-refractivity contribution < 1.29 is 8.78 Å². The van der Waals surface area contributed by atoms with Crippen LogP contribution in [0.4, 0.5) is 8.78 Å². The van der Waals surface area contributed by atoms with Crippen LogP contribution in [0.1, 0.15) is 25.3 Å². The zero-order valence-electron chi connectivity index (χ0n) is 11.0. The van der Waals surface area contributed by atoms with Gasteiger partial charge < -0.3 is 5.32 Å². The van der Waals surface area contributed by atoms with Crippen molar-refractivity contribution in [3.8, 4) is 0 Å². The van der Waals surface area contributed by atoms with Crippen LogP contribution < -0.4 is 5.32 Å². The summed E-state index contributed by atoms with van der Waals surface area (Å²) in [5, 5.41) is 3.33. The monoisotopic (exact) mass is 254 g/mol. The van der Waals surface area contributed by atoms with Crippen molar-refractivity contribution in [2.24, 2.45) is 0 Å². The van der Waals surface area contributed by atoms with Gasteiger partial charge in [0.05, 0.1) is 0 Å². The third kappa shape index (κ3) is 3.06. The first-order valence-corrected chi connectivity index (χ1v) is 6.38. The van der Waals surface area contributed by atoms with Crippen molar-refractivity contribution in [1.82, 2.24) is 10.2 Å². The molecule has 0 aromatic heterocycles. The number of nitrogens with zero attached hydrogens (tertiary/aromatic N) is 1. The van der Waals surface area contributed by atoms with Crippen LogP contribution in [0.25, 0.3) is 0 Å². The van der Waals surface area contributed by atoms with Crippen molar-refractivity contribution in [3.05, 3.63) is 35.4 Å². The van der Waals surface area contributed by atoms with Gasteiger partial charge in [-0.25, -0.2) is 8.78 Å². The van der Waals surface area contributed by atoms with Gasteiger partial charge in [-0.3, -0.25) is 4.90 Å². The largest absolute Gasteiger partial charge is 0.314 e. The highest BCUT2D eigenvalue weighted by atomic mass is 19.1. The predicted molar refractivity (Wildman–Crippen MR) is 68.3 cm³/mol. The highest BCUT2D eigenvalue weighted by Crippen LogP contribution is 2.23. The summed E-state index contributed by atoms with van der Waals surface area (Å²) in [7, 11) is 1.98. The lowest BCUT2D eigenvalue weighted by Gasteiger charge is -2.39. The summed E-state index contributed by atoms with van der Waals surface area (Å²) in [5.41, 5.74) is 0.766. The van der Waals surface area contributed by atoms with Crippen LogP contribution in [0.15, 0.2) is 18.2 Å². The third-order valence-corrected chi connectivity index (χ3v) is 3.97. The second-order valence-electron chi connectivity index (χ2n) is 5.32. The Labute approximate surface area is 107 Å². The number of rotatable bonds is 3. The molecule has 1 aromatic rings. The zero-order chi connectivity index (χ0) is 13.2. The van der Waals surface area contributed by atoms with Gasteiger partial charge in [-0.05, 0) is 32.9 Å². The Kier molecular flexibility index (Phi) is 3.97. The average molecular weight is 254 g/mol. The van der Waals surface area contributed by atoms with Crippen LogP contribution in [0.2, 0.25) is 0 Å². The molecule has 0 bridgehead atoms. The molecule has 1 N–H and O–H groups in total. The van der Waals surface area contributed by atoms with E-state index in [2.05, 4.69) is 17.1 Å². The smallest absolute Gasteiger partial charge is 0.130 e. The Morgan fingerprint density at radius 2 is 1.94 bits per heavy atom. The number of benzene rings is 1. The van der Waals surface area contributed by atoms with E-state index in [1.54, 1.807) is 0 Å². The molecule has 1 aliphatic heterocycles. The van der Waals surface area contributed by atoms with Gasteiger partial charge >= 0.3 is 0 Å². The first-order chi connectivity index (χ1) is 8.52. The highest BCUT2D eigenvalue weighted by Gasteiger charge is 2.28. The zero-order valence-corrected chi connectivity index (χ0v) is 11.0. The van der Waals surface area contributed by atoms with Crippen molar-refractivity contribution in [3.63, 3.8) is 0 Å². The summed E-state index contributed by atoms with van der Waals surface area (Å²) in [5.74, 6) is -0.963. The lowest BCUT2D eigenvalue weighted by atomic mass is 9.90. The van der Waals surface area contributed by atoms with Gasteiger partial charge in [-0.1, -0.05) is 6.07 Å². The van der Waals surface area contributed by atoms with Crippen LogP contribution in [0, 0.1) is 11.6 Å². The van der Waals surface area contributed by atoms with Crippen LogP contribution in [-0.2, 0) is 6.54 Å². The summed E-state index contributed by atoms with van der Waals surface area (Å²) in [4.78, 5) is 2.22. The summed E-state index contributed by atoms with van der Waals surface area (Å²) < 4.78 is 26.4. The van der Waals surface area contributed by atoms with E-state index in [0.29, 0.717) is 12.1 Å². The molecule has 4 heteroatoms. The Morgan fingerprint density at radius 3 is 2.50 bits per heavy atom. The second kappa shape index (κ2) is 5.33. The fourth-order valence-electron chi connectivity index (χ4n) is 2.35. The maximum Gasteiger partial charge on any atom is 0.130 e. The number of piperidine rings is 1. The molecule has 1 heterocycles. The first kappa shape index (κ1) is 13.4. The number of halogens is 2. The van der Waals surface area contributed by atoms with Gasteiger partial charge in [0.2, 0.25) is 0 Å². The fraction of sp³-hybridized carbons (Fsp3) is 0.571. The van der Waals surface area contributed by atoms with E-state index >= 15 is 0 Å². The molecule has 0 radical (unpaired) electrons. The molecule has 0 spiro atoms. The SMILES string of the molecule is CNC1(C)CCN(Cc2ccc(F)cc2F)CC1. The summed E-state index contributed by atoms with van der Waals surface area (Å²) >= 11 is 0. The molecule has 0 aliphatic carbocycles. The second-order valence-corrected chi connectivity index (χ2v) is 5.32. The highest BCUT2D eigenvalue weighted by molar-refractivity contribution is 5.18. The standard InChI is InChI=1S/C14H20F2N2/c1-14(17-2)5-7-18(8-6-14)10-11-3-4-12(15)9-13(11)16/h3-4,9,17H,5-8,10H2,1-2H3. The molecule has 2 nitrogen and oxygen atoms in total. The molecule has 1 saturated heterocycles. The average Bonchev–Trinajstić information content (AvgIpc) is 2.36. The number of hydrogen-bond acceptors (Lipinski definition) is 2. The summed E-state index contributed by atoms with van der Waals surface area (Å²) in [6.07, 6.45) is 2.10. The molecule has 0 saturated carbocycles. The summed E-state index contributed by atoms with van der Waals surface area (Å²) in [6.45, 7) is 4.65. The van der Waals surface area contributed by atoms with Crippen molar-refractivity contribution in [2.45, 2.75) is 31.8 Å². The minimum Gasteiger partial charge on any atom is -0.314 e. The van der Waals surface area contributed by atoms with Crippen LogP contribution in [-0.4, -0.2) is 30.6 Å². The molecule has 0 amide bonds. The van der Waals surface area contributed by atoms with E-state index in [9.17, 15) is 8.78 Å². The van der Waals surface area contributed by atoms with Gasteiger partial charge in [-0.15, -0.1) is 0 Å². The maximum atomic E-state index is 13.5. The number of likely N-dealkylation sites (tertiary alicyclic amines) is 1. The molecule has 18 heavy (non-hydrogen) atoms. The van der Waals surface area contributed by atoms with Crippen molar-refractivity contribution in [1.29, 1.82) is 0 Å². The van der Waals surface area contributed by atoms with Crippen LogP contribution >= 0.6 is 0 Å². The van der Waals surface area contributed by atoms with E-state index in [-0.39, 0.29) is 5.54 Å². The Bertz CT molecular complexity index is 412. The van der Waals surface area contributed by atoms with Gasteiger partial charge in [0, 0.05) is 36.8 Å². The van der Waals surface area contributed by atoms with Gasteiger partial charge in [0.15, 0.2) is 0 Å². The first-order valence-electron chi connectivity index (χ1n) is 6.38. The minimum absolute atomic E-state index is 0.192. The van der Waals surface area contributed by atoms with E-state index in [0.717, 1.165) is 32.0 Å². The molecule has 1 aromatic carbocycles. The predicted octanol–water partition coefficient (Wildman–Crippen LogP) is 2.54. The molecule has 100 valence electrons. The van der Waals surface area contributed by atoms with Crippen molar-refractivity contribution in [2.75, 3.05) is 20.1 Å². The van der Waals surface area contributed by atoms with E-state index in [1.807, 2.05) is 7.05 Å². The Balaban J connectivity index is 1.95. The Morgan fingerprint density at radius 1 is 1.28 bits per heavy atom. The van der Waals surface area contributed by atoms with Gasteiger partial charge in [0.25, 0.3) is 0 Å². The van der Waals surface area contributed by atoms with Gasteiger partial charge in [-0.2, -0.15) is 0 Å². The lowest BCUT2D eigenvalue weighted by molar-refractivity contribution is 0.145. The third-order valence-electron chi connectivity index (χ3n) is 3.97. The normalized spacial score (nSPS) is 20.0. The molecule has 1 aliphatic rings. The van der Waals surface area contributed by atoms with Crippen LogP contribution in [0.5, 0.6) is 0 Å². The van der Waals surface area contributed by atoms with E-state index < -0.39 is 11.6 Å². The van der Waals surface area contributed by atoms with Crippen LogP contribution in [0.3, 0.4) is 0 Å². The minimum atomic E-state index is -0.516. The molecule has 0 atom stereocenters. The molecule has 1 fully saturated rings. The number of hydrogen-bond donors (Lipinski definition) is 1. The Hall–Kier alpha value is -1.00. The van der Waals surface area contributed by atoms with E-state index in [1.165, 1.54) is 12.1 Å². The molecular formula is C14H20F2N2. The topological polar surface area (TPSA) is 15.3 Å². The van der Waals surface area contributed by atoms with E-state index in [4.69, 9.17) is 0 Å². The van der Waals surface area contributed by atoms with Crippen molar-refractivity contribution >= 4 is 0 Å². The summed E-state index contributed by atoms with van der Waals surface area (Å²) in [6, 6.07) is 3.81. The lowest BCUT2D eigenvalue weighted by Crippen LogP contribution is -2.49. The maximum absolute atomic E-state index is 13.5. The van der Waals surface area contributed by atoms with Gasteiger partial charge in [0.1, 0.15) is 11.6 Å². The molecule has 2 rings (SSSR count). The fourth-order valence-corrected chi connectivity index (χ4v) is 2.35. The quantitative estimate of drug-likeness (QED) is 0.891.